The van der Waals surface area contributed by atoms with Gasteiger partial charge in [0, 0.05) is 16.3 Å². The van der Waals surface area contributed by atoms with Crippen molar-refractivity contribution in [2.75, 3.05) is 0 Å². The van der Waals surface area contributed by atoms with Gasteiger partial charge in [-0.2, -0.15) is 0 Å². The second-order valence-electron chi connectivity index (χ2n) is 2.57. The zero-order valence-electron chi connectivity index (χ0n) is 6.42. The summed E-state index contributed by atoms with van der Waals surface area (Å²) in [4.78, 5) is 8.48. The summed E-state index contributed by atoms with van der Waals surface area (Å²) in [6.07, 6.45) is 3.53. The molecule has 1 aliphatic heterocycles. The molecular weight excluding hydrogens is 216 g/mol. The minimum atomic E-state index is 0.748. The fourth-order valence-corrected chi connectivity index (χ4v) is 1.69. The molecule has 1 aliphatic rings. The number of fused-ring (bicyclic) bond motifs is 1. The zero-order chi connectivity index (χ0) is 8.55. The molecular formula is C9H7BrN2. The normalized spacial score (nSPS) is 13.1. The Balaban J connectivity index is 2.62. The summed E-state index contributed by atoms with van der Waals surface area (Å²) in [6.45, 7) is 4.43. The van der Waals surface area contributed by atoms with Crippen LogP contribution in [0.25, 0.3) is 6.08 Å². The van der Waals surface area contributed by atoms with Crippen LogP contribution < -0.4 is 0 Å². The standard InChI is InChI=1S/C9H7BrN2/c1-2-8-7(10)3-6-4-11-5-9(6)12-8/h2-3,5H,1,4H2. The second-order valence-corrected chi connectivity index (χ2v) is 3.43. The van der Waals surface area contributed by atoms with Crippen LogP contribution in [0.1, 0.15) is 17.0 Å². The fraction of sp³-hybridized carbons (Fsp3) is 0.111. The van der Waals surface area contributed by atoms with E-state index in [1.165, 1.54) is 5.56 Å². The minimum Gasteiger partial charge on any atom is -0.286 e. The van der Waals surface area contributed by atoms with E-state index in [9.17, 15) is 0 Å². The quantitative estimate of drug-likeness (QED) is 0.717. The average Bonchev–Trinajstić information content (AvgIpc) is 2.49. The van der Waals surface area contributed by atoms with Gasteiger partial charge in [-0.25, -0.2) is 4.98 Å². The van der Waals surface area contributed by atoms with E-state index in [0.717, 1.165) is 22.4 Å². The molecule has 12 heavy (non-hydrogen) atoms. The highest BCUT2D eigenvalue weighted by molar-refractivity contribution is 9.10. The van der Waals surface area contributed by atoms with Crippen LogP contribution >= 0.6 is 15.9 Å². The van der Waals surface area contributed by atoms with Crippen molar-refractivity contribution in [2.45, 2.75) is 6.54 Å². The molecule has 2 rings (SSSR count). The lowest BCUT2D eigenvalue weighted by Gasteiger charge is -2.00. The van der Waals surface area contributed by atoms with E-state index >= 15 is 0 Å². The van der Waals surface area contributed by atoms with Crippen molar-refractivity contribution in [1.29, 1.82) is 0 Å². The lowest BCUT2D eigenvalue weighted by Crippen LogP contribution is -1.93. The molecule has 0 saturated heterocycles. The summed E-state index contributed by atoms with van der Waals surface area (Å²) in [5.74, 6) is 0. The van der Waals surface area contributed by atoms with Crippen LogP contribution in [0.4, 0.5) is 0 Å². The van der Waals surface area contributed by atoms with E-state index < -0.39 is 0 Å². The van der Waals surface area contributed by atoms with Gasteiger partial charge in [0.05, 0.1) is 17.9 Å². The van der Waals surface area contributed by atoms with Crippen molar-refractivity contribution >= 4 is 28.2 Å². The average molecular weight is 223 g/mol. The van der Waals surface area contributed by atoms with Gasteiger partial charge < -0.3 is 0 Å². The third-order valence-electron chi connectivity index (χ3n) is 1.78. The van der Waals surface area contributed by atoms with Gasteiger partial charge >= 0.3 is 0 Å². The number of aromatic nitrogens is 1. The molecule has 0 fully saturated rings. The maximum atomic E-state index is 4.36. The van der Waals surface area contributed by atoms with E-state index in [1.807, 2.05) is 6.07 Å². The summed E-state index contributed by atoms with van der Waals surface area (Å²) in [5.41, 5.74) is 3.02. The number of hydrogen-bond donors (Lipinski definition) is 0. The number of halogens is 1. The molecule has 0 unspecified atom stereocenters. The molecule has 1 aromatic heterocycles. The topological polar surface area (TPSA) is 25.2 Å². The number of pyridine rings is 1. The molecule has 0 amide bonds. The van der Waals surface area contributed by atoms with Crippen LogP contribution in [-0.4, -0.2) is 11.2 Å². The van der Waals surface area contributed by atoms with Crippen LogP contribution in [-0.2, 0) is 6.54 Å². The highest BCUT2D eigenvalue weighted by atomic mass is 79.9. The Morgan fingerprint density at radius 2 is 2.42 bits per heavy atom. The van der Waals surface area contributed by atoms with Crippen molar-refractivity contribution in [3.05, 3.63) is 34.1 Å². The van der Waals surface area contributed by atoms with Crippen molar-refractivity contribution in [3.63, 3.8) is 0 Å². The minimum absolute atomic E-state index is 0.748. The van der Waals surface area contributed by atoms with Gasteiger partial charge in [-0.15, -0.1) is 0 Å². The van der Waals surface area contributed by atoms with Crippen LogP contribution in [0.2, 0.25) is 0 Å². The Morgan fingerprint density at radius 1 is 1.58 bits per heavy atom. The fourth-order valence-electron chi connectivity index (χ4n) is 1.17. The smallest absolute Gasteiger partial charge is 0.0866 e. The largest absolute Gasteiger partial charge is 0.286 e. The third kappa shape index (κ3) is 1.10. The van der Waals surface area contributed by atoms with Gasteiger partial charge in [0.2, 0.25) is 0 Å². The molecule has 0 spiro atoms. The molecule has 0 radical (unpaired) electrons. The van der Waals surface area contributed by atoms with Crippen molar-refractivity contribution in [1.82, 2.24) is 4.98 Å². The Bertz CT molecular complexity index is 368. The lowest BCUT2D eigenvalue weighted by atomic mass is 10.2. The summed E-state index contributed by atoms with van der Waals surface area (Å²) in [7, 11) is 0. The van der Waals surface area contributed by atoms with Gasteiger partial charge in [0.15, 0.2) is 0 Å². The van der Waals surface area contributed by atoms with Crippen LogP contribution in [0.15, 0.2) is 22.1 Å². The van der Waals surface area contributed by atoms with Crippen molar-refractivity contribution < 1.29 is 0 Å². The number of hydrogen-bond acceptors (Lipinski definition) is 2. The summed E-state index contributed by atoms with van der Waals surface area (Å²) in [5, 5.41) is 0. The van der Waals surface area contributed by atoms with Gasteiger partial charge in [-0.05, 0) is 28.1 Å². The Kier molecular flexibility index (Phi) is 1.81. The maximum absolute atomic E-state index is 4.36. The lowest BCUT2D eigenvalue weighted by molar-refractivity contribution is 1.08. The van der Waals surface area contributed by atoms with Gasteiger partial charge in [-0.3, -0.25) is 4.99 Å². The first-order valence-electron chi connectivity index (χ1n) is 3.63. The summed E-state index contributed by atoms with van der Waals surface area (Å²) >= 11 is 3.42. The molecule has 0 saturated carbocycles. The highest BCUT2D eigenvalue weighted by Gasteiger charge is 2.09. The van der Waals surface area contributed by atoms with Crippen LogP contribution in [0.3, 0.4) is 0 Å². The highest BCUT2D eigenvalue weighted by Crippen LogP contribution is 2.22. The molecule has 60 valence electrons. The Morgan fingerprint density at radius 3 is 3.17 bits per heavy atom. The summed E-state index contributed by atoms with van der Waals surface area (Å²) in [6, 6.07) is 2.05. The third-order valence-corrected chi connectivity index (χ3v) is 2.42. The first-order valence-corrected chi connectivity index (χ1v) is 4.42. The molecule has 0 N–H and O–H groups in total. The Labute approximate surface area is 79.2 Å². The maximum Gasteiger partial charge on any atom is 0.0866 e. The van der Waals surface area contributed by atoms with E-state index in [2.05, 4.69) is 32.5 Å². The van der Waals surface area contributed by atoms with Crippen LogP contribution in [0.5, 0.6) is 0 Å². The van der Waals surface area contributed by atoms with Crippen molar-refractivity contribution in [2.24, 2.45) is 4.99 Å². The SMILES string of the molecule is C=Cc1nc2c(cc1Br)CN=C2. The van der Waals surface area contributed by atoms with E-state index in [4.69, 9.17) is 0 Å². The Hall–Kier alpha value is -0.960. The number of rotatable bonds is 1. The van der Waals surface area contributed by atoms with Crippen molar-refractivity contribution in [3.8, 4) is 0 Å². The second kappa shape index (κ2) is 2.83. The molecule has 0 atom stereocenters. The van der Waals surface area contributed by atoms with Crippen LogP contribution in [0, 0.1) is 0 Å². The van der Waals surface area contributed by atoms with E-state index in [1.54, 1.807) is 12.3 Å². The molecule has 0 aromatic carbocycles. The predicted molar refractivity (Wildman–Crippen MR) is 53.3 cm³/mol. The molecule has 2 heterocycles. The first-order chi connectivity index (χ1) is 5.81. The number of nitrogens with zero attached hydrogens (tertiary/aromatic N) is 2. The van der Waals surface area contributed by atoms with Gasteiger partial charge in [0.25, 0.3) is 0 Å². The zero-order valence-corrected chi connectivity index (χ0v) is 8.00. The number of aliphatic imine (C=N–C) groups is 1. The van der Waals surface area contributed by atoms with Gasteiger partial charge in [0.1, 0.15) is 0 Å². The molecule has 2 nitrogen and oxygen atoms in total. The monoisotopic (exact) mass is 222 g/mol. The molecule has 1 aromatic rings. The predicted octanol–water partition coefficient (Wildman–Crippen LogP) is 2.42. The van der Waals surface area contributed by atoms with Gasteiger partial charge in [-0.1, -0.05) is 6.58 Å². The van der Waals surface area contributed by atoms with E-state index in [-0.39, 0.29) is 0 Å². The first kappa shape index (κ1) is 7.68. The summed E-state index contributed by atoms with van der Waals surface area (Å²) < 4.78 is 0.988. The molecule has 0 bridgehead atoms. The van der Waals surface area contributed by atoms with E-state index in [0.29, 0.717) is 0 Å². The molecule has 3 heteroatoms. The molecule has 0 aliphatic carbocycles.